The van der Waals surface area contributed by atoms with Crippen molar-refractivity contribution >= 4 is 17.2 Å². The number of hydrogen-bond acceptors (Lipinski definition) is 4. The first-order valence-corrected chi connectivity index (χ1v) is 7.49. The minimum absolute atomic E-state index is 0.0793. The van der Waals surface area contributed by atoms with Gasteiger partial charge in [-0.3, -0.25) is 4.79 Å². The number of thiophene rings is 1. The molecule has 0 saturated heterocycles. The maximum atomic E-state index is 12.3. The quantitative estimate of drug-likeness (QED) is 0.823. The normalized spacial score (nSPS) is 10.2. The first kappa shape index (κ1) is 15.4. The maximum absolute atomic E-state index is 12.3. The molecule has 0 radical (unpaired) electrons. The molecule has 1 heterocycles. The van der Waals surface area contributed by atoms with Crippen molar-refractivity contribution in [3.8, 4) is 11.5 Å². The second-order valence-corrected chi connectivity index (χ2v) is 5.73. The Labute approximate surface area is 128 Å². The van der Waals surface area contributed by atoms with Gasteiger partial charge in [0.25, 0.3) is 0 Å². The van der Waals surface area contributed by atoms with Crippen molar-refractivity contribution in [1.29, 1.82) is 0 Å². The molecular weight excluding hydrogens is 286 g/mol. The number of likely N-dealkylation sites (N-methyl/N-ethyl adjacent to an activating group) is 1. The molecule has 0 saturated carbocycles. The van der Waals surface area contributed by atoms with Gasteiger partial charge in [0.15, 0.2) is 11.5 Å². The number of methoxy groups -OCH3 is 2. The lowest BCUT2D eigenvalue weighted by Gasteiger charge is -2.17. The van der Waals surface area contributed by atoms with Crippen molar-refractivity contribution in [3.63, 3.8) is 0 Å². The molecule has 21 heavy (non-hydrogen) atoms. The molecule has 0 atom stereocenters. The highest BCUT2D eigenvalue weighted by atomic mass is 32.1. The van der Waals surface area contributed by atoms with Gasteiger partial charge >= 0.3 is 0 Å². The Morgan fingerprint density at radius 2 is 1.95 bits per heavy atom. The molecule has 1 amide bonds. The molecule has 0 aliphatic carbocycles. The summed E-state index contributed by atoms with van der Waals surface area (Å²) in [5.41, 5.74) is 0.913. The van der Waals surface area contributed by atoms with Gasteiger partial charge in [-0.2, -0.15) is 0 Å². The van der Waals surface area contributed by atoms with Gasteiger partial charge in [-0.25, -0.2) is 0 Å². The average molecular weight is 305 g/mol. The van der Waals surface area contributed by atoms with E-state index >= 15 is 0 Å². The van der Waals surface area contributed by atoms with E-state index in [1.165, 1.54) is 4.88 Å². The van der Waals surface area contributed by atoms with Gasteiger partial charge in [-0.05, 0) is 29.1 Å². The third kappa shape index (κ3) is 3.98. The van der Waals surface area contributed by atoms with Crippen molar-refractivity contribution in [2.24, 2.45) is 0 Å². The van der Waals surface area contributed by atoms with Gasteiger partial charge < -0.3 is 14.4 Å². The zero-order chi connectivity index (χ0) is 15.2. The minimum atomic E-state index is 0.0793. The van der Waals surface area contributed by atoms with Crippen LogP contribution >= 0.6 is 11.3 Å². The Morgan fingerprint density at radius 1 is 1.19 bits per heavy atom. The van der Waals surface area contributed by atoms with Crippen molar-refractivity contribution in [2.45, 2.75) is 13.0 Å². The summed E-state index contributed by atoms with van der Waals surface area (Å²) >= 11 is 1.66. The standard InChI is InChI=1S/C16H19NO3S/c1-17(11-13-5-4-8-21-13)16(18)10-12-6-7-14(19-2)15(9-12)20-3/h4-9H,10-11H2,1-3H3. The van der Waals surface area contributed by atoms with Crippen LogP contribution in [0.1, 0.15) is 10.4 Å². The van der Waals surface area contributed by atoms with Crippen LogP contribution in [0.25, 0.3) is 0 Å². The highest BCUT2D eigenvalue weighted by Gasteiger charge is 2.12. The number of benzene rings is 1. The molecule has 2 aromatic rings. The third-order valence-electron chi connectivity index (χ3n) is 3.20. The van der Waals surface area contributed by atoms with Crippen LogP contribution in [0.5, 0.6) is 11.5 Å². The van der Waals surface area contributed by atoms with E-state index < -0.39 is 0 Å². The first-order valence-electron chi connectivity index (χ1n) is 6.61. The van der Waals surface area contributed by atoms with Crippen LogP contribution in [0.3, 0.4) is 0 Å². The molecule has 0 unspecified atom stereocenters. The SMILES string of the molecule is COc1ccc(CC(=O)N(C)Cc2cccs2)cc1OC. The summed E-state index contributed by atoms with van der Waals surface area (Å²) < 4.78 is 10.5. The van der Waals surface area contributed by atoms with E-state index in [0.29, 0.717) is 24.5 Å². The van der Waals surface area contributed by atoms with Crippen LogP contribution in [-0.2, 0) is 17.8 Å². The molecule has 0 aliphatic rings. The van der Waals surface area contributed by atoms with Gasteiger partial charge in [-0.15, -0.1) is 11.3 Å². The molecule has 0 N–H and O–H groups in total. The summed E-state index contributed by atoms with van der Waals surface area (Å²) in [6.07, 6.45) is 0.349. The number of amides is 1. The van der Waals surface area contributed by atoms with Crippen LogP contribution in [0.2, 0.25) is 0 Å². The predicted molar refractivity (Wildman–Crippen MR) is 84.0 cm³/mol. The van der Waals surface area contributed by atoms with Crippen molar-refractivity contribution in [3.05, 3.63) is 46.2 Å². The van der Waals surface area contributed by atoms with E-state index in [-0.39, 0.29) is 5.91 Å². The monoisotopic (exact) mass is 305 g/mol. The number of rotatable bonds is 6. The molecule has 0 aliphatic heterocycles. The highest BCUT2D eigenvalue weighted by molar-refractivity contribution is 7.09. The molecular formula is C16H19NO3S. The fourth-order valence-corrected chi connectivity index (χ4v) is 2.78. The van der Waals surface area contributed by atoms with Gasteiger partial charge in [0, 0.05) is 11.9 Å². The highest BCUT2D eigenvalue weighted by Crippen LogP contribution is 2.27. The number of nitrogens with zero attached hydrogens (tertiary/aromatic N) is 1. The number of ether oxygens (including phenoxy) is 2. The molecule has 1 aromatic carbocycles. The topological polar surface area (TPSA) is 38.8 Å². The fraction of sp³-hybridized carbons (Fsp3) is 0.312. The maximum Gasteiger partial charge on any atom is 0.227 e. The van der Waals surface area contributed by atoms with Crippen LogP contribution in [0.4, 0.5) is 0 Å². The van der Waals surface area contributed by atoms with Gasteiger partial charge in [-0.1, -0.05) is 12.1 Å². The van der Waals surface area contributed by atoms with E-state index in [9.17, 15) is 4.79 Å². The number of carbonyl (C=O) groups excluding carboxylic acids is 1. The molecule has 2 rings (SSSR count). The fourth-order valence-electron chi connectivity index (χ4n) is 2.02. The summed E-state index contributed by atoms with van der Waals surface area (Å²) in [7, 11) is 5.01. The Balaban J connectivity index is 2.01. The Kier molecular flexibility index (Phi) is 5.22. The van der Waals surface area contributed by atoms with Crippen molar-refractivity contribution in [1.82, 2.24) is 4.90 Å². The lowest BCUT2D eigenvalue weighted by molar-refractivity contribution is -0.129. The van der Waals surface area contributed by atoms with Crippen molar-refractivity contribution in [2.75, 3.05) is 21.3 Å². The van der Waals surface area contributed by atoms with Crippen LogP contribution in [0.15, 0.2) is 35.7 Å². The molecule has 1 aromatic heterocycles. The second kappa shape index (κ2) is 7.13. The Hall–Kier alpha value is -2.01. The van der Waals surface area contributed by atoms with E-state index in [1.807, 2.05) is 42.8 Å². The summed E-state index contributed by atoms with van der Waals surface area (Å²) in [5.74, 6) is 1.39. The molecule has 0 bridgehead atoms. The first-order chi connectivity index (χ1) is 10.1. The largest absolute Gasteiger partial charge is 0.493 e. The number of carbonyl (C=O) groups is 1. The Bertz CT molecular complexity index is 596. The smallest absolute Gasteiger partial charge is 0.227 e. The summed E-state index contributed by atoms with van der Waals surface area (Å²) in [6, 6.07) is 9.58. The van der Waals surface area contributed by atoms with E-state index in [2.05, 4.69) is 0 Å². The van der Waals surface area contributed by atoms with Gasteiger partial charge in [0.1, 0.15) is 0 Å². The third-order valence-corrected chi connectivity index (χ3v) is 4.06. The van der Waals surface area contributed by atoms with Gasteiger partial charge in [0.05, 0.1) is 27.2 Å². The van der Waals surface area contributed by atoms with Crippen LogP contribution < -0.4 is 9.47 Å². The lowest BCUT2D eigenvalue weighted by Crippen LogP contribution is -2.27. The van der Waals surface area contributed by atoms with E-state index in [0.717, 1.165) is 5.56 Å². The molecule has 4 nitrogen and oxygen atoms in total. The minimum Gasteiger partial charge on any atom is -0.493 e. The van der Waals surface area contributed by atoms with Gasteiger partial charge in [0.2, 0.25) is 5.91 Å². The predicted octanol–water partition coefficient (Wildman–Crippen LogP) is 2.97. The zero-order valence-corrected chi connectivity index (χ0v) is 13.3. The van der Waals surface area contributed by atoms with E-state index in [4.69, 9.17) is 9.47 Å². The summed E-state index contributed by atoms with van der Waals surface area (Å²) in [5, 5.41) is 2.02. The molecule has 0 spiro atoms. The second-order valence-electron chi connectivity index (χ2n) is 4.70. The molecule has 112 valence electrons. The Morgan fingerprint density at radius 3 is 2.57 bits per heavy atom. The van der Waals surface area contributed by atoms with E-state index in [1.54, 1.807) is 30.5 Å². The molecule has 0 fully saturated rings. The molecule has 5 heteroatoms. The summed E-state index contributed by atoms with van der Waals surface area (Å²) in [4.78, 5) is 15.2. The lowest BCUT2D eigenvalue weighted by atomic mass is 10.1. The van der Waals surface area contributed by atoms with Crippen LogP contribution in [0, 0.1) is 0 Å². The zero-order valence-electron chi connectivity index (χ0n) is 12.5. The van der Waals surface area contributed by atoms with Crippen molar-refractivity contribution < 1.29 is 14.3 Å². The average Bonchev–Trinajstić information content (AvgIpc) is 2.99. The van der Waals surface area contributed by atoms with Crippen LogP contribution in [-0.4, -0.2) is 32.1 Å². The summed E-state index contributed by atoms with van der Waals surface area (Å²) in [6.45, 7) is 0.643. The number of hydrogen-bond donors (Lipinski definition) is 0.